The number of carboxylic acid groups (broad SMARTS) is 1. The molecule has 0 fully saturated rings. The van der Waals surface area contributed by atoms with E-state index in [1.165, 1.54) is 0 Å². The molecule has 2 aliphatic heterocycles. The predicted molar refractivity (Wildman–Crippen MR) is 199 cm³/mol. The molecule has 3 atom stereocenters. The number of carboxylic acids is 1. The standard InChI is InChI=1S/C39H43N5O4S2/c1-7-27-23-44(50-34-15-11-9-13-32(34)48-27)37(43-20-21-47-31-12-8-10-14-33(31)49-43)29-22-26(17-16-24(29)2)35(39(4,5)38(45)46)28-18-19-30-36(25(28)3)40-41-42(30)6/h8-19,22,27,35,37H,7,20-21,23H2,1-6H3,(H,45,46)/t27-,35?,37+/m1/s1. The van der Waals surface area contributed by atoms with Crippen molar-refractivity contribution in [3.05, 3.63) is 107 Å². The first kappa shape index (κ1) is 34.4. The number of aromatic nitrogens is 3. The van der Waals surface area contributed by atoms with E-state index >= 15 is 0 Å². The quantitative estimate of drug-likeness (QED) is 0.158. The Kier molecular flexibility index (Phi) is 9.60. The second-order valence-corrected chi connectivity index (χ2v) is 15.8. The summed E-state index contributed by atoms with van der Waals surface area (Å²) in [6.07, 6.45) is 0.633. The van der Waals surface area contributed by atoms with E-state index in [1.54, 1.807) is 28.6 Å². The number of para-hydroxylation sites is 2. The molecular formula is C39H43N5O4S2. The monoisotopic (exact) mass is 709 g/mol. The van der Waals surface area contributed by atoms with E-state index in [2.05, 4.69) is 81.3 Å². The van der Waals surface area contributed by atoms with Gasteiger partial charge in [0.1, 0.15) is 35.9 Å². The average Bonchev–Trinajstić information content (AvgIpc) is 3.25. The van der Waals surface area contributed by atoms with Gasteiger partial charge in [0.25, 0.3) is 0 Å². The Morgan fingerprint density at radius 1 is 0.960 bits per heavy atom. The zero-order valence-electron chi connectivity index (χ0n) is 29.3. The minimum Gasteiger partial charge on any atom is -0.491 e. The number of rotatable bonds is 8. The number of nitrogens with zero attached hydrogens (tertiary/aromatic N) is 5. The van der Waals surface area contributed by atoms with Gasteiger partial charge in [-0.05, 0) is 116 Å². The van der Waals surface area contributed by atoms with E-state index in [9.17, 15) is 9.90 Å². The van der Waals surface area contributed by atoms with Gasteiger partial charge in [-0.25, -0.2) is 13.3 Å². The average molecular weight is 710 g/mol. The van der Waals surface area contributed by atoms with Crippen LogP contribution in [0.2, 0.25) is 0 Å². The van der Waals surface area contributed by atoms with Crippen molar-refractivity contribution in [2.75, 3.05) is 19.7 Å². The summed E-state index contributed by atoms with van der Waals surface area (Å²) in [6.45, 7) is 11.9. The molecule has 11 heteroatoms. The van der Waals surface area contributed by atoms with Crippen molar-refractivity contribution in [2.45, 2.75) is 69.0 Å². The van der Waals surface area contributed by atoms with Crippen molar-refractivity contribution in [3.8, 4) is 11.5 Å². The first-order valence-electron chi connectivity index (χ1n) is 17.1. The number of aliphatic carboxylic acids is 1. The minimum absolute atomic E-state index is 0.0160. The van der Waals surface area contributed by atoms with Crippen LogP contribution in [0, 0.1) is 19.3 Å². The Balaban J connectivity index is 1.41. The second-order valence-electron chi connectivity index (χ2n) is 13.6. The number of hydrogen-bond donors (Lipinski definition) is 1. The van der Waals surface area contributed by atoms with E-state index in [1.807, 2.05) is 58.2 Å². The third-order valence-electron chi connectivity index (χ3n) is 9.95. The fraction of sp³-hybridized carbons (Fsp3) is 0.359. The summed E-state index contributed by atoms with van der Waals surface area (Å²) in [6, 6.07) is 27.0. The summed E-state index contributed by atoms with van der Waals surface area (Å²) in [7, 11) is 1.87. The molecule has 0 spiro atoms. The lowest BCUT2D eigenvalue weighted by molar-refractivity contribution is -0.147. The first-order chi connectivity index (χ1) is 24.1. The van der Waals surface area contributed by atoms with E-state index in [0.29, 0.717) is 19.7 Å². The molecule has 5 aromatic rings. The third-order valence-corrected chi connectivity index (χ3v) is 12.2. The van der Waals surface area contributed by atoms with Crippen LogP contribution in [0.3, 0.4) is 0 Å². The van der Waals surface area contributed by atoms with Gasteiger partial charge in [0.2, 0.25) is 0 Å². The van der Waals surface area contributed by atoms with Crippen LogP contribution >= 0.6 is 23.9 Å². The zero-order valence-corrected chi connectivity index (χ0v) is 30.9. The van der Waals surface area contributed by atoms with Crippen LogP contribution in [0.1, 0.15) is 67.1 Å². The summed E-state index contributed by atoms with van der Waals surface area (Å²) in [5.74, 6) is 0.452. The Labute approximate surface area is 302 Å². The Hall–Kier alpha value is -4.03. The molecule has 0 aliphatic carbocycles. The van der Waals surface area contributed by atoms with Gasteiger partial charge in [-0.2, -0.15) is 0 Å². The lowest BCUT2D eigenvalue weighted by Crippen LogP contribution is -2.40. The number of fused-ring (bicyclic) bond motifs is 3. The van der Waals surface area contributed by atoms with E-state index in [0.717, 1.165) is 66.6 Å². The number of hydrogen-bond acceptors (Lipinski definition) is 9. The highest BCUT2D eigenvalue weighted by Crippen LogP contribution is 2.49. The summed E-state index contributed by atoms with van der Waals surface area (Å²) >= 11 is 3.43. The van der Waals surface area contributed by atoms with Crippen LogP contribution in [0.4, 0.5) is 0 Å². The largest absolute Gasteiger partial charge is 0.491 e. The molecule has 1 aromatic heterocycles. The molecule has 0 saturated heterocycles. The molecule has 1 unspecified atom stereocenters. The molecule has 0 saturated carbocycles. The van der Waals surface area contributed by atoms with Crippen LogP contribution < -0.4 is 9.47 Å². The molecule has 0 bridgehead atoms. The van der Waals surface area contributed by atoms with Crippen LogP contribution in [0.25, 0.3) is 11.0 Å². The molecular weight excluding hydrogens is 667 g/mol. The summed E-state index contributed by atoms with van der Waals surface area (Å²) < 4.78 is 19.4. The van der Waals surface area contributed by atoms with Gasteiger partial charge in [0.15, 0.2) is 0 Å². The van der Waals surface area contributed by atoms with Gasteiger partial charge >= 0.3 is 5.97 Å². The third kappa shape index (κ3) is 6.36. The number of ether oxygens (including phenoxy) is 2. The second kappa shape index (κ2) is 13.9. The molecule has 7 rings (SSSR count). The van der Waals surface area contributed by atoms with Crippen molar-refractivity contribution in [1.82, 2.24) is 23.6 Å². The highest BCUT2D eigenvalue weighted by Gasteiger charge is 2.42. The van der Waals surface area contributed by atoms with Crippen LogP contribution in [0.15, 0.2) is 88.7 Å². The van der Waals surface area contributed by atoms with Crippen molar-refractivity contribution in [2.24, 2.45) is 12.5 Å². The summed E-state index contributed by atoms with van der Waals surface area (Å²) in [4.78, 5) is 15.2. The maximum absolute atomic E-state index is 13.1. The number of carbonyl (C=O) groups is 1. The normalized spacial score (nSPS) is 18.2. The Morgan fingerprint density at radius 2 is 1.66 bits per heavy atom. The fourth-order valence-electron chi connectivity index (χ4n) is 7.04. The fourth-order valence-corrected chi connectivity index (χ4v) is 9.37. The smallest absolute Gasteiger partial charge is 0.310 e. The summed E-state index contributed by atoms with van der Waals surface area (Å²) in [5, 5.41) is 19.4. The van der Waals surface area contributed by atoms with E-state index < -0.39 is 17.3 Å². The van der Waals surface area contributed by atoms with Crippen molar-refractivity contribution in [1.29, 1.82) is 0 Å². The maximum Gasteiger partial charge on any atom is 0.310 e. The maximum atomic E-state index is 13.1. The molecule has 9 nitrogen and oxygen atoms in total. The lowest BCUT2D eigenvalue weighted by atomic mass is 9.69. The van der Waals surface area contributed by atoms with Gasteiger partial charge in [-0.3, -0.25) is 4.79 Å². The highest BCUT2D eigenvalue weighted by molar-refractivity contribution is 7.98. The first-order valence-corrected chi connectivity index (χ1v) is 18.6. The molecule has 0 amide bonds. The topological polar surface area (TPSA) is 93.0 Å². The van der Waals surface area contributed by atoms with Gasteiger partial charge in [0.05, 0.1) is 20.7 Å². The predicted octanol–water partition coefficient (Wildman–Crippen LogP) is 8.41. The SMILES string of the molecule is CC[C@@H]1CN([C@@H](c2cc(C(c3ccc4c(nnn4C)c3C)C(C)(C)C(=O)O)ccc2C)N2CCOc3ccccc3S2)Sc2ccccc2O1. The molecule has 4 aromatic carbocycles. The summed E-state index contributed by atoms with van der Waals surface area (Å²) in [5.41, 5.74) is 5.60. The van der Waals surface area contributed by atoms with Gasteiger partial charge in [-0.15, -0.1) is 5.10 Å². The van der Waals surface area contributed by atoms with E-state index in [-0.39, 0.29) is 12.3 Å². The van der Waals surface area contributed by atoms with Crippen LogP contribution in [-0.4, -0.2) is 60.5 Å². The highest BCUT2D eigenvalue weighted by atomic mass is 32.2. The Morgan fingerprint density at radius 3 is 2.40 bits per heavy atom. The molecule has 260 valence electrons. The van der Waals surface area contributed by atoms with Gasteiger partial charge in [-0.1, -0.05) is 60.7 Å². The molecule has 1 N–H and O–H groups in total. The Bertz CT molecular complexity index is 2050. The van der Waals surface area contributed by atoms with Crippen LogP contribution in [-0.2, 0) is 11.8 Å². The number of benzene rings is 4. The van der Waals surface area contributed by atoms with Crippen LogP contribution in [0.5, 0.6) is 11.5 Å². The van der Waals surface area contributed by atoms with Crippen molar-refractivity contribution < 1.29 is 19.4 Å². The van der Waals surface area contributed by atoms with Gasteiger partial charge in [0, 0.05) is 26.1 Å². The van der Waals surface area contributed by atoms with Crippen molar-refractivity contribution >= 4 is 40.9 Å². The zero-order chi connectivity index (χ0) is 35.2. The number of aryl methyl sites for hydroxylation is 3. The minimum atomic E-state index is -1.13. The van der Waals surface area contributed by atoms with E-state index in [4.69, 9.17) is 9.47 Å². The lowest BCUT2D eigenvalue weighted by Gasteiger charge is -2.39. The molecule has 50 heavy (non-hydrogen) atoms. The molecule has 2 aliphatic rings. The van der Waals surface area contributed by atoms with Crippen molar-refractivity contribution in [3.63, 3.8) is 0 Å². The van der Waals surface area contributed by atoms with Gasteiger partial charge < -0.3 is 14.6 Å². The molecule has 3 heterocycles. The molecule has 0 radical (unpaired) electrons.